The van der Waals surface area contributed by atoms with Crippen molar-refractivity contribution in [2.75, 3.05) is 19.9 Å². The van der Waals surface area contributed by atoms with Crippen molar-refractivity contribution in [2.45, 2.75) is 11.3 Å². The third kappa shape index (κ3) is 4.56. The molecule has 24 heavy (non-hydrogen) atoms. The summed E-state index contributed by atoms with van der Waals surface area (Å²) in [4.78, 5) is 7.93. The lowest BCUT2D eigenvalue weighted by molar-refractivity contribution is 0.267. The molecule has 2 N–H and O–H groups in total. The maximum absolute atomic E-state index is 12.3. The Labute approximate surface area is 153 Å². The van der Waals surface area contributed by atoms with Crippen LogP contribution in [0.5, 0.6) is 0 Å². The highest BCUT2D eigenvalue weighted by Crippen LogP contribution is 2.14. The van der Waals surface area contributed by atoms with Gasteiger partial charge in [-0.15, -0.1) is 11.3 Å². The number of rotatable bonds is 5. The molecule has 0 bridgehead atoms. The number of benzene rings is 1. The smallest absolute Gasteiger partial charge is 0.264 e. The number of guanidine groups is 1. The monoisotopic (exact) mass is 428 g/mol. The molecule has 1 aliphatic rings. The first-order valence-corrected chi connectivity index (χ1v) is 10.5. The van der Waals surface area contributed by atoms with Gasteiger partial charge in [0.25, 0.3) is 10.0 Å². The Hall–Kier alpha value is -1.42. The molecule has 0 fully saturated rings. The van der Waals surface area contributed by atoms with Crippen LogP contribution in [0.3, 0.4) is 0 Å². The van der Waals surface area contributed by atoms with Gasteiger partial charge in [0.15, 0.2) is 0 Å². The van der Waals surface area contributed by atoms with Crippen molar-refractivity contribution in [1.29, 1.82) is 0 Å². The summed E-state index contributed by atoms with van der Waals surface area (Å²) >= 11 is 5.03. The van der Waals surface area contributed by atoms with E-state index < -0.39 is 10.0 Å². The Balaban J connectivity index is 1.55. The van der Waals surface area contributed by atoms with Crippen LogP contribution in [0.1, 0.15) is 4.88 Å². The molecule has 3 rings (SSSR count). The second-order valence-corrected chi connectivity index (χ2v) is 8.90. The van der Waals surface area contributed by atoms with Gasteiger partial charge in [-0.1, -0.05) is 22.0 Å². The van der Waals surface area contributed by atoms with Crippen LogP contribution in [0.25, 0.3) is 0 Å². The highest BCUT2D eigenvalue weighted by Gasteiger charge is 2.19. The second kappa shape index (κ2) is 7.64. The number of nitrogens with one attached hydrogen (secondary N) is 2. The summed E-state index contributed by atoms with van der Waals surface area (Å²) in [5.41, 5.74) is 0. The Morgan fingerprint density at radius 2 is 2.08 bits per heavy atom. The van der Waals surface area contributed by atoms with E-state index in [-0.39, 0.29) is 10.9 Å². The lowest BCUT2D eigenvalue weighted by Gasteiger charge is -2.26. The van der Waals surface area contributed by atoms with Crippen LogP contribution < -0.4 is 10.0 Å². The SMILES string of the molecule is O=S(=O)(NC1=NCN(CCc2cccs2)CN1)c1ccc(Br)cc1. The Bertz CT molecular complexity index is 805. The number of hydrogen-bond acceptors (Lipinski definition) is 6. The van der Waals surface area contributed by atoms with Crippen LogP contribution in [0.15, 0.2) is 56.1 Å². The van der Waals surface area contributed by atoms with Gasteiger partial charge in [0.1, 0.15) is 0 Å². The fourth-order valence-corrected chi connectivity index (χ4v) is 4.17. The minimum Gasteiger partial charge on any atom is -0.343 e. The molecular formula is C15H17BrN4O2S2. The summed E-state index contributed by atoms with van der Waals surface area (Å²) in [7, 11) is -3.62. The zero-order chi connectivity index (χ0) is 17.0. The predicted molar refractivity (Wildman–Crippen MR) is 99.5 cm³/mol. The second-order valence-electron chi connectivity index (χ2n) is 5.27. The third-order valence-corrected chi connectivity index (χ3v) is 6.33. The molecule has 0 saturated heterocycles. The molecule has 2 aromatic rings. The summed E-state index contributed by atoms with van der Waals surface area (Å²) in [5.74, 6) is 0.283. The fraction of sp³-hybridized carbons (Fsp3) is 0.267. The van der Waals surface area contributed by atoms with Crippen molar-refractivity contribution in [2.24, 2.45) is 4.99 Å². The summed E-state index contributed by atoms with van der Waals surface area (Å²) in [6.45, 7) is 1.91. The molecule has 1 aromatic carbocycles. The van der Waals surface area contributed by atoms with Crippen LogP contribution in [0.4, 0.5) is 0 Å². The zero-order valence-corrected chi connectivity index (χ0v) is 16.0. The summed E-state index contributed by atoms with van der Waals surface area (Å²) in [6, 6.07) is 10.6. The maximum Gasteiger partial charge on any atom is 0.264 e. The minimum absolute atomic E-state index is 0.204. The molecule has 0 radical (unpaired) electrons. The maximum atomic E-state index is 12.3. The van der Waals surface area contributed by atoms with Gasteiger partial charge in [-0.25, -0.2) is 18.1 Å². The topological polar surface area (TPSA) is 73.8 Å². The fourth-order valence-electron chi connectivity index (χ4n) is 2.20. The molecule has 128 valence electrons. The van der Waals surface area contributed by atoms with Gasteiger partial charge < -0.3 is 5.32 Å². The average Bonchev–Trinajstić information content (AvgIpc) is 3.08. The highest BCUT2D eigenvalue weighted by molar-refractivity contribution is 9.10. The summed E-state index contributed by atoms with van der Waals surface area (Å²) in [6.07, 6.45) is 0.967. The van der Waals surface area contributed by atoms with E-state index in [1.165, 1.54) is 4.88 Å². The lowest BCUT2D eigenvalue weighted by atomic mass is 10.3. The van der Waals surface area contributed by atoms with Crippen LogP contribution in [0, 0.1) is 0 Å². The molecule has 9 heteroatoms. The van der Waals surface area contributed by atoms with Crippen molar-refractivity contribution in [3.63, 3.8) is 0 Å². The van der Waals surface area contributed by atoms with Gasteiger partial charge >= 0.3 is 0 Å². The molecule has 0 atom stereocenters. The zero-order valence-electron chi connectivity index (χ0n) is 12.8. The highest BCUT2D eigenvalue weighted by atomic mass is 79.9. The predicted octanol–water partition coefficient (Wildman–Crippen LogP) is 2.21. The van der Waals surface area contributed by atoms with E-state index >= 15 is 0 Å². The Kier molecular flexibility index (Phi) is 5.54. The largest absolute Gasteiger partial charge is 0.343 e. The van der Waals surface area contributed by atoms with Gasteiger partial charge in [-0.05, 0) is 42.1 Å². The van der Waals surface area contributed by atoms with Gasteiger partial charge in [0.05, 0.1) is 18.2 Å². The van der Waals surface area contributed by atoms with E-state index in [9.17, 15) is 8.42 Å². The van der Waals surface area contributed by atoms with E-state index in [2.05, 4.69) is 47.3 Å². The normalized spacial score (nSPS) is 15.6. The lowest BCUT2D eigenvalue weighted by Crippen LogP contribution is -2.50. The molecule has 0 unspecified atom stereocenters. The molecule has 0 spiro atoms. The Morgan fingerprint density at radius 1 is 1.29 bits per heavy atom. The van der Waals surface area contributed by atoms with Crippen LogP contribution in [-0.4, -0.2) is 39.2 Å². The van der Waals surface area contributed by atoms with Crippen molar-refractivity contribution < 1.29 is 8.42 Å². The van der Waals surface area contributed by atoms with Gasteiger partial charge in [0, 0.05) is 15.9 Å². The van der Waals surface area contributed by atoms with Gasteiger partial charge in [-0.3, -0.25) is 4.90 Å². The van der Waals surface area contributed by atoms with Gasteiger partial charge in [-0.2, -0.15) is 0 Å². The quantitative estimate of drug-likeness (QED) is 0.765. The Morgan fingerprint density at radius 3 is 2.71 bits per heavy atom. The first kappa shape index (κ1) is 17.4. The van der Waals surface area contributed by atoms with E-state index in [1.54, 1.807) is 35.6 Å². The average molecular weight is 429 g/mol. The first-order valence-electron chi connectivity index (χ1n) is 7.34. The van der Waals surface area contributed by atoms with E-state index in [0.29, 0.717) is 13.3 Å². The van der Waals surface area contributed by atoms with Crippen LogP contribution >= 0.6 is 27.3 Å². The van der Waals surface area contributed by atoms with Crippen molar-refractivity contribution >= 4 is 43.2 Å². The van der Waals surface area contributed by atoms with Crippen LogP contribution in [0.2, 0.25) is 0 Å². The number of halogens is 1. The number of aliphatic imine (C=N–C) groups is 1. The van der Waals surface area contributed by atoms with Crippen molar-refractivity contribution in [3.8, 4) is 0 Å². The molecule has 1 aromatic heterocycles. The third-order valence-electron chi connectivity index (χ3n) is 3.51. The standard InChI is InChI=1S/C15H17BrN4O2S2/c16-12-3-5-14(6-4-12)24(21,22)19-15-17-10-20(11-18-15)8-7-13-2-1-9-23-13/h1-6,9H,7-8,10-11H2,(H2,17,18,19). The summed E-state index contributed by atoms with van der Waals surface area (Å²) < 4.78 is 28.0. The van der Waals surface area contributed by atoms with E-state index in [1.807, 2.05) is 6.07 Å². The van der Waals surface area contributed by atoms with Gasteiger partial charge in [0.2, 0.25) is 5.96 Å². The van der Waals surface area contributed by atoms with Crippen molar-refractivity contribution in [1.82, 2.24) is 14.9 Å². The molecule has 0 aliphatic carbocycles. The number of thiophene rings is 1. The molecular weight excluding hydrogens is 412 g/mol. The summed E-state index contributed by atoms with van der Waals surface area (Å²) in [5, 5.41) is 5.08. The number of sulfonamides is 1. The molecule has 0 amide bonds. The molecule has 6 nitrogen and oxygen atoms in total. The number of hydrogen-bond donors (Lipinski definition) is 2. The van der Waals surface area contributed by atoms with Crippen LogP contribution in [-0.2, 0) is 16.4 Å². The number of nitrogens with zero attached hydrogens (tertiary/aromatic N) is 2. The van der Waals surface area contributed by atoms with E-state index in [4.69, 9.17) is 0 Å². The minimum atomic E-state index is -3.62. The molecule has 2 heterocycles. The van der Waals surface area contributed by atoms with E-state index in [0.717, 1.165) is 17.4 Å². The molecule has 0 saturated carbocycles. The van der Waals surface area contributed by atoms with Crippen molar-refractivity contribution in [3.05, 3.63) is 51.1 Å². The molecule has 1 aliphatic heterocycles. The first-order chi connectivity index (χ1) is 11.5.